The van der Waals surface area contributed by atoms with Crippen LogP contribution in [-0.2, 0) is 4.74 Å². The highest BCUT2D eigenvalue weighted by atomic mass is 16.5. The fourth-order valence-corrected chi connectivity index (χ4v) is 2.43. The maximum Gasteiger partial charge on any atom is 0.338 e. The second-order valence-corrected chi connectivity index (χ2v) is 5.73. The Morgan fingerprint density at radius 1 is 1.04 bits per heavy atom. The van der Waals surface area contributed by atoms with Crippen LogP contribution in [0.1, 0.15) is 34.6 Å². The monoisotopic (exact) mass is 322 g/mol. The van der Waals surface area contributed by atoms with E-state index in [0.717, 1.165) is 10.9 Å². The first-order chi connectivity index (χ1) is 11.5. The number of esters is 1. The molecule has 0 saturated carbocycles. The summed E-state index contributed by atoms with van der Waals surface area (Å²) in [6.45, 7) is 3.60. The van der Waals surface area contributed by atoms with Crippen molar-refractivity contribution in [2.75, 3.05) is 5.32 Å². The third-order valence-electron chi connectivity index (χ3n) is 3.56. The number of amides is 1. The molecule has 0 fully saturated rings. The zero-order chi connectivity index (χ0) is 17.1. The minimum absolute atomic E-state index is 0.168. The van der Waals surface area contributed by atoms with Crippen LogP contribution in [0.5, 0.6) is 0 Å². The maximum absolute atomic E-state index is 12.4. The van der Waals surface area contributed by atoms with Gasteiger partial charge in [0, 0.05) is 22.8 Å². The fourth-order valence-electron chi connectivity index (χ4n) is 2.43. The number of rotatable bonds is 4. The molecule has 122 valence electrons. The molecule has 24 heavy (non-hydrogen) atoms. The summed E-state index contributed by atoms with van der Waals surface area (Å²) in [5.74, 6) is -0.579. The summed E-state index contributed by atoms with van der Waals surface area (Å²) in [5.41, 5.74) is 2.56. The van der Waals surface area contributed by atoms with Gasteiger partial charge in [0.1, 0.15) is 0 Å². The Bertz CT molecular complexity index is 879. The molecule has 1 amide bonds. The predicted molar refractivity (Wildman–Crippen MR) is 93.2 cm³/mol. The van der Waals surface area contributed by atoms with Crippen molar-refractivity contribution >= 4 is 28.5 Å². The second kappa shape index (κ2) is 6.58. The molecule has 5 heteroatoms. The number of carbonyl (C=O) groups excluding carboxylic acids is 2. The van der Waals surface area contributed by atoms with Gasteiger partial charge in [-0.15, -0.1) is 0 Å². The summed E-state index contributed by atoms with van der Waals surface area (Å²) in [6, 6.07) is 14.3. The average molecular weight is 322 g/mol. The number of aromatic nitrogens is 1. The molecule has 0 saturated heterocycles. The van der Waals surface area contributed by atoms with Crippen molar-refractivity contribution in [2.24, 2.45) is 0 Å². The van der Waals surface area contributed by atoms with Crippen molar-refractivity contribution in [3.05, 3.63) is 65.9 Å². The van der Waals surface area contributed by atoms with E-state index in [0.29, 0.717) is 16.8 Å². The maximum atomic E-state index is 12.4. The van der Waals surface area contributed by atoms with Crippen molar-refractivity contribution in [1.29, 1.82) is 0 Å². The van der Waals surface area contributed by atoms with Crippen LogP contribution in [0.4, 0.5) is 5.69 Å². The topological polar surface area (TPSA) is 71.2 Å². The molecule has 1 aromatic heterocycles. The lowest BCUT2D eigenvalue weighted by atomic mass is 10.1. The van der Waals surface area contributed by atoms with Crippen LogP contribution in [0.25, 0.3) is 10.9 Å². The quantitative estimate of drug-likeness (QED) is 0.714. The third-order valence-corrected chi connectivity index (χ3v) is 3.56. The van der Waals surface area contributed by atoms with Gasteiger partial charge in [0.25, 0.3) is 5.91 Å². The second-order valence-electron chi connectivity index (χ2n) is 5.73. The van der Waals surface area contributed by atoms with E-state index in [1.165, 1.54) is 0 Å². The van der Waals surface area contributed by atoms with Gasteiger partial charge in [0.05, 0.1) is 17.2 Å². The summed E-state index contributed by atoms with van der Waals surface area (Å²) >= 11 is 0. The lowest BCUT2D eigenvalue weighted by Crippen LogP contribution is -2.13. The van der Waals surface area contributed by atoms with Gasteiger partial charge >= 0.3 is 5.97 Å². The first kappa shape index (κ1) is 15.8. The van der Waals surface area contributed by atoms with E-state index < -0.39 is 0 Å². The molecule has 3 rings (SSSR count). The van der Waals surface area contributed by atoms with Gasteiger partial charge in [-0.25, -0.2) is 4.79 Å². The average Bonchev–Trinajstić information content (AvgIpc) is 2.99. The molecular weight excluding hydrogens is 304 g/mol. The number of benzene rings is 2. The van der Waals surface area contributed by atoms with Gasteiger partial charge in [0.15, 0.2) is 0 Å². The molecular formula is C19H18N2O3. The lowest BCUT2D eigenvalue weighted by Gasteiger charge is -2.09. The summed E-state index contributed by atoms with van der Waals surface area (Å²) in [5, 5.41) is 3.70. The van der Waals surface area contributed by atoms with Crippen molar-refractivity contribution in [1.82, 2.24) is 4.98 Å². The Morgan fingerprint density at radius 2 is 1.75 bits per heavy atom. The summed E-state index contributed by atoms with van der Waals surface area (Å²) in [7, 11) is 0. The number of carbonyl (C=O) groups is 2. The number of aromatic amines is 1. The predicted octanol–water partition coefficient (Wildman–Crippen LogP) is 3.99. The minimum atomic E-state index is -0.375. The lowest BCUT2D eigenvalue weighted by molar-refractivity contribution is 0.0378. The zero-order valence-electron chi connectivity index (χ0n) is 13.5. The van der Waals surface area contributed by atoms with E-state index in [-0.39, 0.29) is 18.0 Å². The van der Waals surface area contributed by atoms with E-state index in [1.807, 2.05) is 24.3 Å². The Morgan fingerprint density at radius 3 is 2.46 bits per heavy atom. The first-order valence-corrected chi connectivity index (χ1v) is 7.73. The molecule has 0 aliphatic carbocycles. The normalized spacial score (nSPS) is 10.8. The first-order valence-electron chi connectivity index (χ1n) is 7.73. The molecule has 5 nitrogen and oxygen atoms in total. The van der Waals surface area contributed by atoms with E-state index in [9.17, 15) is 9.59 Å². The largest absolute Gasteiger partial charge is 0.459 e. The molecule has 3 aromatic rings. The van der Waals surface area contributed by atoms with Gasteiger partial charge in [-0.2, -0.15) is 0 Å². The van der Waals surface area contributed by atoms with Crippen LogP contribution in [0.2, 0.25) is 0 Å². The number of hydrogen-bond donors (Lipinski definition) is 2. The van der Waals surface area contributed by atoms with Crippen LogP contribution < -0.4 is 5.32 Å². The Kier molecular flexibility index (Phi) is 4.33. The summed E-state index contributed by atoms with van der Waals surface area (Å²) in [4.78, 5) is 27.3. The minimum Gasteiger partial charge on any atom is -0.459 e. The third kappa shape index (κ3) is 3.30. The van der Waals surface area contributed by atoms with Gasteiger partial charge in [-0.05, 0) is 44.2 Å². The molecule has 2 aromatic carbocycles. The van der Waals surface area contributed by atoms with E-state index in [1.54, 1.807) is 44.3 Å². The van der Waals surface area contributed by atoms with Gasteiger partial charge in [0.2, 0.25) is 0 Å². The standard InChI is InChI=1S/C19H18N2O3/c1-12(2)24-19(23)13-7-9-14(10-8-13)21-18(22)16-11-20-17-6-4-3-5-15(16)17/h3-12,20H,1-2H3,(H,21,22). The van der Waals surface area contributed by atoms with Gasteiger partial charge in [-0.1, -0.05) is 18.2 Å². The van der Waals surface area contributed by atoms with Crippen LogP contribution in [0.3, 0.4) is 0 Å². The highest BCUT2D eigenvalue weighted by Gasteiger charge is 2.13. The number of hydrogen-bond acceptors (Lipinski definition) is 3. The van der Waals surface area contributed by atoms with Crippen molar-refractivity contribution in [3.8, 4) is 0 Å². The molecule has 0 atom stereocenters. The van der Waals surface area contributed by atoms with Crippen LogP contribution in [-0.4, -0.2) is 23.0 Å². The van der Waals surface area contributed by atoms with Crippen molar-refractivity contribution < 1.29 is 14.3 Å². The highest BCUT2D eigenvalue weighted by Crippen LogP contribution is 2.19. The molecule has 0 spiro atoms. The van der Waals surface area contributed by atoms with E-state index in [4.69, 9.17) is 4.74 Å². The molecule has 0 radical (unpaired) electrons. The number of ether oxygens (including phenoxy) is 1. The fraction of sp³-hybridized carbons (Fsp3) is 0.158. The van der Waals surface area contributed by atoms with Crippen molar-refractivity contribution in [3.63, 3.8) is 0 Å². The number of H-pyrrole nitrogens is 1. The number of nitrogens with one attached hydrogen (secondary N) is 2. The summed E-state index contributed by atoms with van der Waals surface area (Å²) < 4.78 is 5.13. The number of anilines is 1. The molecule has 2 N–H and O–H groups in total. The van der Waals surface area contributed by atoms with E-state index in [2.05, 4.69) is 10.3 Å². The summed E-state index contributed by atoms with van der Waals surface area (Å²) in [6.07, 6.45) is 1.52. The molecule has 0 bridgehead atoms. The Labute approximate surface area is 139 Å². The van der Waals surface area contributed by atoms with Crippen LogP contribution in [0.15, 0.2) is 54.7 Å². The van der Waals surface area contributed by atoms with Crippen molar-refractivity contribution in [2.45, 2.75) is 20.0 Å². The van der Waals surface area contributed by atoms with Gasteiger partial charge in [-0.3, -0.25) is 4.79 Å². The molecule has 0 unspecified atom stereocenters. The van der Waals surface area contributed by atoms with Crippen LogP contribution >= 0.6 is 0 Å². The van der Waals surface area contributed by atoms with E-state index >= 15 is 0 Å². The number of para-hydroxylation sites is 1. The Balaban J connectivity index is 1.74. The Hall–Kier alpha value is -3.08. The van der Waals surface area contributed by atoms with Gasteiger partial charge < -0.3 is 15.0 Å². The molecule has 0 aliphatic heterocycles. The SMILES string of the molecule is CC(C)OC(=O)c1ccc(NC(=O)c2c[nH]c3ccccc23)cc1. The van der Waals surface area contributed by atoms with Crippen LogP contribution in [0, 0.1) is 0 Å². The zero-order valence-corrected chi connectivity index (χ0v) is 13.5. The molecule has 1 heterocycles. The smallest absolute Gasteiger partial charge is 0.338 e. The highest BCUT2D eigenvalue weighted by molar-refractivity contribution is 6.12. The molecule has 0 aliphatic rings. The number of fused-ring (bicyclic) bond motifs is 1.